The first-order chi connectivity index (χ1) is 16.7. The minimum Gasteiger partial charge on any atom is -0.497 e. The van der Waals surface area contributed by atoms with E-state index in [2.05, 4.69) is 15.2 Å². The molecule has 9 heteroatoms. The average Bonchev–Trinajstić information content (AvgIpc) is 3.58. The maximum atomic E-state index is 12.8. The minimum absolute atomic E-state index is 0.0385. The average molecular weight is 488 g/mol. The summed E-state index contributed by atoms with van der Waals surface area (Å²) < 4.78 is 7.32. The van der Waals surface area contributed by atoms with Crippen molar-refractivity contribution in [3.05, 3.63) is 81.2 Å². The second-order valence-electron chi connectivity index (χ2n) is 8.04. The van der Waals surface area contributed by atoms with E-state index in [0.29, 0.717) is 11.6 Å². The Bertz CT molecular complexity index is 1540. The van der Waals surface area contributed by atoms with E-state index in [1.807, 2.05) is 59.2 Å². The first-order valence-electron chi connectivity index (χ1n) is 11.0. The van der Waals surface area contributed by atoms with Gasteiger partial charge < -0.3 is 9.72 Å². The van der Waals surface area contributed by atoms with Crippen molar-refractivity contribution in [2.45, 2.75) is 30.2 Å². The molecule has 34 heavy (non-hydrogen) atoms. The van der Waals surface area contributed by atoms with Gasteiger partial charge in [0.2, 0.25) is 0 Å². The molecule has 0 fully saturated rings. The van der Waals surface area contributed by atoms with Crippen molar-refractivity contribution in [3.63, 3.8) is 0 Å². The van der Waals surface area contributed by atoms with Crippen molar-refractivity contribution in [1.29, 1.82) is 0 Å². The normalized spacial score (nSPS) is 12.9. The summed E-state index contributed by atoms with van der Waals surface area (Å²) in [5.41, 5.74) is 3.06. The summed E-state index contributed by atoms with van der Waals surface area (Å²) in [6.07, 6.45) is 3.15. The molecule has 1 aliphatic carbocycles. The summed E-state index contributed by atoms with van der Waals surface area (Å²) in [6.45, 7) is 0. The van der Waals surface area contributed by atoms with Crippen LogP contribution in [0, 0.1) is 0 Å². The van der Waals surface area contributed by atoms with Crippen molar-refractivity contribution in [2.24, 2.45) is 0 Å². The van der Waals surface area contributed by atoms with Crippen LogP contribution in [0.3, 0.4) is 0 Å². The number of rotatable bonds is 6. The van der Waals surface area contributed by atoms with E-state index in [1.165, 1.54) is 22.2 Å². The molecule has 3 heterocycles. The monoisotopic (exact) mass is 487 g/mol. The highest BCUT2D eigenvalue weighted by Crippen LogP contribution is 2.35. The summed E-state index contributed by atoms with van der Waals surface area (Å²) >= 11 is 3.16. The van der Waals surface area contributed by atoms with Crippen molar-refractivity contribution >= 4 is 33.3 Å². The lowest BCUT2D eigenvalue weighted by molar-refractivity contribution is 0.415. The van der Waals surface area contributed by atoms with Crippen LogP contribution in [0.1, 0.15) is 22.7 Å². The van der Waals surface area contributed by atoms with Crippen LogP contribution < -0.4 is 10.3 Å². The zero-order chi connectivity index (χ0) is 23.1. The smallest absolute Gasteiger partial charge is 0.259 e. The lowest BCUT2D eigenvalue weighted by Crippen LogP contribution is -2.11. The number of para-hydroxylation sites is 1. The van der Waals surface area contributed by atoms with Crippen LogP contribution in [0.2, 0.25) is 0 Å². The molecule has 0 atom stereocenters. The van der Waals surface area contributed by atoms with Crippen LogP contribution in [0.15, 0.2) is 64.5 Å². The summed E-state index contributed by atoms with van der Waals surface area (Å²) in [6, 6.07) is 17.8. The van der Waals surface area contributed by atoms with E-state index >= 15 is 0 Å². The lowest BCUT2D eigenvalue weighted by Gasteiger charge is -2.10. The number of thiophene rings is 1. The first-order valence-corrected chi connectivity index (χ1v) is 12.8. The van der Waals surface area contributed by atoms with Crippen LogP contribution in [-0.4, -0.2) is 31.8 Å². The fourth-order valence-corrected chi connectivity index (χ4v) is 6.45. The molecule has 0 unspecified atom stereocenters. The number of nitrogens with one attached hydrogen (secondary N) is 1. The Morgan fingerprint density at radius 2 is 1.91 bits per heavy atom. The zero-order valence-electron chi connectivity index (χ0n) is 18.4. The molecule has 0 spiro atoms. The number of aromatic amines is 1. The summed E-state index contributed by atoms with van der Waals surface area (Å²) in [7, 11) is 1.65. The fraction of sp³-hybridized carbons (Fsp3) is 0.200. The van der Waals surface area contributed by atoms with Crippen molar-refractivity contribution in [2.75, 3.05) is 7.11 Å². The molecule has 0 bridgehead atoms. The molecule has 7 nitrogen and oxygen atoms in total. The Morgan fingerprint density at radius 3 is 2.71 bits per heavy atom. The number of hydrogen-bond donors (Lipinski definition) is 1. The largest absolute Gasteiger partial charge is 0.497 e. The summed E-state index contributed by atoms with van der Waals surface area (Å²) in [5, 5.41) is 10.5. The number of aryl methyl sites for hydroxylation is 2. The third kappa shape index (κ3) is 3.70. The molecule has 0 saturated heterocycles. The van der Waals surface area contributed by atoms with Crippen LogP contribution in [-0.2, 0) is 18.6 Å². The number of aromatic nitrogens is 5. The number of hydrogen-bond acceptors (Lipinski definition) is 7. The first kappa shape index (κ1) is 21.1. The van der Waals surface area contributed by atoms with E-state index in [1.54, 1.807) is 18.4 Å². The van der Waals surface area contributed by atoms with Gasteiger partial charge in [0.25, 0.3) is 5.56 Å². The molecule has 6 rings (SSSR count). The number of methoxy groups -OCH3 is 1. The molecule has 0 radical (unpaired) electrons. The predicted octanol–water partition coefficient (Wildman–Crippen LogP) is 5.02. The van der Waals surface area contributed by atoms with Gasteiger partial charge in [-0.25, -0.2) is 4.98 Å². The molecule has 1 N–H and O–H groups in total. The van der Waals surface area contributed by atoms with E-state index in [-0.39, 0.29) is 5.56 Å². The van der Waals surface area contributed by atoms with Gasteiger partial charge >= 0.3 is 0 Å². The van der Waals surface area contributed by atoms with Crippen molar-refractivity contribution in [3.8, 4) is 22.8 Å². The van der Waals surface area contributed by atoms with Gasteiger partial charge in [-0.3, -0.25) is 9.36 Å². The number of thioether (sulfide) groups is 1. The Kier molecular flexibility index (Phi) is 5.43. The van der Waals surface area contributed by atoms with Crippen molar-refractivity contribution < 1.29 is 4.74 Å². The third-order valence-corrected chi connectivity index (χ3v) is 8.08. The van der Waals surface area contributed by atoms with Crippen LogP contribution in [0.25, 0.3) is 27.3 Å². The Balaban J connectivity index is 1.35. The van der Waals surface area contributed by atoms with E-state index in [0.717, 1.165) is 57.5 Å². The Labute approximate surface area is 203 Å². The highest BCUT2D eigenvalue weighted by atomic mass is 32.2. The highest BCUT2D eigenvalue weighted by Gasteiger charge is 2.22. The lowest BCUT2D eigenvalue weighted by atomic mass is 10.2. The minimum atomic E-state index is -0.0385. The topological polar surface area (TPSA) is 85.7 Å². The summed E-state index contributed by atoms with van der Waals surface area (Å²) in [4.78, 5) is 22.7. The van der Waals surface area contributed by atoms with Crippen LogP contribution in [0.5, 0.6) is 5.75 Å². The van der Waals surface area contributed by atoms with Crippen LogP contribution >= 0.6 is 23.1 Å². The SMILES string of the molecule is COc1ccc(-c2nnc(SCc3nc4sc5c(c4c(=O)[nH]3)CCC5)n2-c2ccccc2)cc1. The number of H-pyrrole nitrogens is 1. The van der Waals surface area contributed by atoms with Crippen molar-refractivity contribution in [1.82, 2.24) is 24.7 Å². The molecule has 0 amide bonds. The molecule has 0 saturated carbocycles. The molecule has 170 valence electrons. The van der Waals surface area contributed by atoms with Gasteiger partial charge in [-0.05, 0) is 61.2 Å². The Hall–Kier alpha value is -3.43. The number of ether oxygens (including phenoxy) is 1. The van der Waals surface area contributed by atoms with E-state index in [9.17, 15) is 4.79 Å². The van der Waals surface area contributed by atoms with Gasteiger partial charge in [0.15, 0.2) is 11.0 Å². The summed E-state index contributed by atoms with van der Waals surface area (Å²) in [5.74, 6) is 2.66. The predicted molar refractivity (Wildman–Crippen MR) is 135 cm³/mol. The second-order valence-corrected chi connectivity index (χ2v) is 10.1. The number of benzene rings is 2. The quantitative estimate of drug-likeness (QED) is 0.339. The van der Waals surface area contributed by atoms with Gasteiger partial charge in [0.05, 0.1) is 18.2 Å². The van der Waals surface area contributed by atoms with Gasteiger partial charge in [0.1, 0.15) is 16.4 Å². The molecule has 5 aromatic rings. The highest BCUT2D eigenvalue weighted by molar-refractivity contribution is 7.98. The second kappa shape index (κ2) is 8.73. The van der Waals surface area contributed by atoms with Gasteiger partial charge in [-0.15, -0.1) is 21.5 Å². The molecule has 1 aliphatic rings. The maximum Gasteiger partial charge on any atom is 0.259 e. The standard InChI is InChI=1S/C25H21N5O2S2/c1-32-17-12-10-15(11-13-17)22-28-29-25(30(22)16-6-3-2-4-7-16)33-14-20-26-23(31)21-18-8-5-9-19(18)34-24(21)27-20/h2-4,6-7,10-13H,5,8-9,14H2,1H3,(H,26,27,31). The van der Waals surface area contributed by atoms with Crippen LogP contribution in [0.4, 0.5) is 0 Å². The van der Waals surface area contributed by atoms with Gasteiger partial charge in [0, 0.05) is 16.1 Å². The molecule has 0 aliphatic heterocycles. The van der Waals surface area contributed by atoms with Gasteiger partial charge in [-0.1, -0.05) is 30.0 Å². The zero-order valence-corrected chi connectivity index (χ0v) is 20.1. The third-order valence-electron chi connectivity index (χ3n) is 5.96. The molecular weight excluding hydrogens is 466 g/mol. The molecule has 2 aromatic carbocycles. The maximum absolute atomic E-state index is 12.8. The molecule has 3 aromatic heterocycles. The Morgan fingerprint density at radius 1 is 1.09 bits per heavy atom. The van der Waals surface area contributed by atoms with E-state index < -0.39 is 0 Å². The number of nitrogens with zero attached hydrogens (tertiary/aromatic N) is 4. The fourth-order valence-electron chi connectivity index (χ4n) is 4.35. The molecular formula is C25H21N5O2S2. The number of fused-ring (bicyclic) bond motifs is 3. The van der Waals surface area contributed by atoms with E-state index in [4.69, 9.17) is 9.72 Å². The van der Waals surface area contributed by atoms with Gasteiger partial charge in [-0.2, -0.15) is 0 Å².